The number of tetrazole rings is 1. The smallest absolute Gasteiger partial charge is 0.245 e. The Morgan fingerprint density at radius 3 is 2.64 bits per heavy atom. The van der Waals surface area contributed by atoms with Gasteiger partial charge in [0.2, 0.25) is 5.95 Å². The minimum Gasteiger partial charge on any atom is -0.383 e. The molecule has 1 fully saturated rings. The Morgan fingerprint density at radius 2 is 2.04 bits per heavy atom. The molecule has 1 saturated heterocycles. The first-order valence-corrected chi connectivity index (χ1v) is 8.25. The molecule has 2 aromatic rings. The fraction of sp³-hybridized carbons (Fsp3) is 0.562. The van der Waals surface area contributed by atoms with Gasteiger partial charge >= 0.3 is 0 Å². The summed E-state index contributed by atoms with van der Waals surface area (Å²) in [6, 6.07) is 4.04. The van der Waals surface area contributed by atoms with Gasteiger partial charge in [-0.2, -0.15) is 0 Å². The van der Waals surface area contributed by atoms with Crippen LogP contribution in [-0.4, -0.2) is 53.1 Å². The van der Waals surface area contributed by atoms with Gasteiger partial charge in [0, 0.05) is 33.3 Å². The van der Waals surface area contributed by atoms with Gasteiger partial charge in [0.05, 0.1) is 12.6 Å². The van der Waals surface area contributed by atoms with Crippen LogP contribution in [-0.2, 0) is 11.8 Å². The molecule has 0 saturated carbocycles. The van der Waals surface area contributed by atoms with E-state index in [1.165, 1.54) is 6.07 Å². The number of aromatic nitrogens is 4. The van der Waals surface area contributed by atoms with Gasteiger partial charge in [-0.25, -0.2) is 13.5 Å². The highest BCUT2D eigenvalue weighted by Crippen LogP contribution is 2.21. The molecule has 0 aliphatic carbocycles. The van der Waals surface area contributed by atoms with E-state index in [1.54, 1.807) is 17.9 Å². The lowest BCUT2D eigenvalue weighted by Gasteiger charge is -2.34. The van der Waals surface area contributed by atoms with Gasteiger partial charge in [-0.1, -0.05) is 11.2 Å². The SMILES string of the molecule is COCC(NC1CCN(c2nnnn2C)CC1)c1ccc(F)c(F)c1. The first kappa shape index (κ1) is 17.7. The van der Waals surface area contributed by atoms with E-state index in [2.05, 4.69) is 25.7 Å². The van der Waals surface area contributed by atoms with Crippen LogP contribution in [0.1, 0.15) is 24.4 Å². The van der Waals surface area contributed by atoms with Crippen LogP contribution in [0.15, 0.2) is 18.2 Å². The summed E-state index contributed by atoms with van der Waals surface area (Å²) in [5, 5.41) is 15.1. The largest absolute Gasteiger partial charge is 0.383 e. The molecule has 7 nitrogen and oxygen atoms in total. The number of rotatable bonds is 6. The van der Waals surface area contributed by atoms with Crippen molar-refractivity contribution in [2.24, 2.45) is 7.05 Å². The van der Waals surface area contributed by atoms with Crippen LogP contribution >= 0.6 is 0 Å². The molecule has 3 rings (SSSR count). The van der Waals surface area contributed by atoms with E-state index in [0.717, 1.165) is 37.9 Å². The molecule has 136 valence electrons. The van der Waals surface area contributed by atoms with Crippen molar-refractivity contribution in [1.82, 2.24) is 25.5 Å². The van der Waals surface area contributed by atoms with Crippen molar-refractivity contribution in [3.8, 4) is 0 Å². The lowest BCUT2D eigenvalue weighted by atomic mass is 10.0. The predicted molar refractivity (Wildman–Crippen MR) is 88.1 cm³/mol. The molecule has 0 radical (unpaired) electrons. The average molecular weight is 352 g/mol. The molecule has 1 aliphatic heterocycles. The molecular weight excluding hydrogens is 330 g/mol. The number of benzene rings is 1. The van der Waals surface area contributed by atoms with Gasteiger partial charge in [0.15, 0.2) is 11.6 Å². The molecule has 25 heavy (non-hydrogen) atoms. The maximum Gasteiger partial charge on any atom is 0.245 e. The number of ether oxygens (including phenoxy) is 1. The Hall–Kier alpha value is -2.13. The van der Waals surface area contributed by atoms with Crippen molar-refractivity contribution < 1.29 is 13.5 Å². The molecule has 0 amide bonds. The maximum atomic E-state index is 13.5. The Labute approximate surface area is 145 Å². The minimum absolute atomic E-state index is 0.187. The van der Waals surface area contributed by atoms with Gasteiger partial charge in [0.1, 0.15) is 0 Å². The Morgan fingerprint density at radius 1 is 1.28 bits per heavy atom. The Balaban J connectivity index is 1.62. The summed E-state index contributed by atoms with van der Waals surface area (Å²) in [6.45, 7) is 2.03. The standard InChI is InChI=1S/C16H22F2N6O/c1-23-16(20-21-22-23)24-7-5-12(6-8-24)19-15(10-25-2)11-3-4-13(17)14(18)9-11/h3-4,9,12,15,19H,5-8,10H2,1-2H3. The summed E-state index contributed by atoms with van der Waals surface area (Å²) in [5.74, 6) is -0.928. The molecule has 2 heterocycles. The highest BCUT2D eigenvalue weighted by molar-refractivity contribution is 5.28. The predicted octanol–water partition coefficient (Wildman–Crippen LogP) is 1.43. The molecule has 1 unspecified atom stereocenters. The van der Waals surface area contributed by atoms with E-state index >= 15 is 0 Å². The van der Waals surface area contributed by atoms with E-state index in [1.807, 2.05) is 7.05 Å². The fourth-order valence-electron chi connectivity index (χ4n) is 3.16. The van der Waals surface area contributed by atoms with E-state index in [9.17, 15) is 8.78 Å². The molecule has 9 heteroatoms. The maximum absolute atomic E-state index is 13.5. The summed E-state index contributed by atoms with van der Waals surface area (Å²) in [7, 11) is 3.41. The van der Waals surface area contributed by atoms with Crippen molar-refractivity contribution in [2.75, 3.05) is 31.7 Å². The van der Waals surface area contributed by atoms with Gasteiger partial charge in [-0.15, -0.1) is 0 Å². The van der Waals surface area contributed by atoms with Crippen LogP contribution in [0, 0.1) is 11.6 Å². The summed E-state index contributed by atoms with van der Waals surface area (Å²) in [5.41, 5.74) is 0.681. The number of anilines is 1. The van der Waals surface area contributed by atoms with Gasteiger partial charge in [-0.3, -0.25) is 0 Å². The van der Waals surface area contributed by atoms with Crippen molar-refractivity contribution in [3.63, 3.8) is 0 Å². The van der Waals surface area contributed by atoms with Crippen LogP contribution in [0.25, 0.3) is 0 Å². The number of nitrogens with one attached hydrogen (secondary N) is 1. The molecular formula is C16H22F2N6O. The molecule has 1 atom stereocenters. The monoisotopic (exact) mass is 352 g/mol. The second-order valence-electron chi connectivity index (χ2n) is 6.21. The molecule has 0 spiro atoms. The fourth-order valence-corrected chi connectivity index (χ4v) is 3.16. The third-order valence-electron chi connectivity index (χ3n) is 4.49. The zero-order valence-corrected chi connectivity index (χ0v) is 14.3. The summed E-state index contributed by atoms with van der Waals surface area (Å²) >= 11 is 0. The molecule has 1 aliphatic rings. The Kier molecular flexibility index (Phi) is 5.54. The molecule has 1 aromatic carbocycles. The third-order valence-corrected chi connectivity index (χ3v) is 4.49. The molecule has 0 bridgehead atoms. The quantitative estimate of drug-likeness (QED) is 0.848. The molecule has 1 N–H and O–H groups in total. The first-order valence-electron chi connectivity index (χ1n) is 8.25. The van der Waals surface area contributed by atoms with Crippen molar-refractivity contribution in [2.45, 2.75) is 24.9 Å². The average Bonchev–Trinajstić information content (AvgIpc) is 3.04. The van der Waals surface area contributed by atoms with E-state index in [4.69, 9.17) is 4.74 Å². The summed E-state index contributed by atoms with van der Waals surface area (Å²) < 4.78 is 33.6. The first-order chi connectivity index (χ1) is 12.1. The highest BCUT2D eigenvalue weighted by Gasteiger charge is 2.25. The zero-order valence-electron chi connectivity index (χ0n) is 14.3. The van der Waals surface area contributed by atoms with Crippen molar-refractivity contribution in [1.29, 1.82) is 0 Å². The highest BCUT2D eigenvalue weighted by atomic mass is 19.2. The van der Waals surface area contributed by atoms with Crippen LogP contribution in [0.4, 0.5) is 14.7 Å². The molecule has 1 aromatic heterocycles. The lowest BCUT2D eigenvalue weighted by Crippen LogP contribution is -2.45. The van der Waals surface area contributed by atoms with Crippen LogP contribution < -0.4 is 10.2 Å². The number of nitrogens with zero attached hydrogens (tertiary/aromatic N) is 5. The minimum atomic E-state index is -0.843. The topological polar surface area (TPSA) is 68.1 Å². The van der Waals surface area contributed by atoms with Gasteiger partial charge < -0.3 is 15.0 Å². The normalized spacial score (nSPS) is 17.0. The second kappa shape index (κ2) is 7.83. The van der Waals surface area contributed by atoms with Crippen LogP contribution in [0.2, 0.25) is 0 Å². The number of hydrogen-bond acceptors (Lipinski definition) is 6. The number of piperidine rings is 1. The number of aryl methyl sites for hydroxylation is 1. The van der Waals surface area contributed by atoms with Crippen molar-refractivity contribution in [3.05, 3.63) is 35.4 Å². The van der Waals surface area contributed by atoms with E-state index in [-0.39, 0.29) is 12.1 Å². The number of methoxy groups -OCH3 is 1. The van der Waals surface area contributed by atoms with Crippen LogP contribution in [0.3, 0.4) is 0 Å². The summed E-state index contributed by atoms with van der Waals surface area (Å²) in [6.07, 6.45) is 1.80. The third kappa shape index (κ3) is 4.10. The van der Waals surface area contributed by atoms with Gasteiger partial charge in [-0.05, 0) is 41.0 Å². The summed E-state index contributed by atoms with van der Waals surface area (Å²) in [4.78, 5) is 2.14. The van der Waals surface area contributed by atoms with E-state index in [0.29, 0.717) is 12.2 Å². The van der Waals surface area contributed by atoms with E-state index < -0.39 is 11.6 Å². The second-order valence-corrected chi connectivity index (χ2v) is 6.21. The Bertz CT molecular complexity index is 702. The number of hydrogen-bond donors (Lipinski definition) is 1. The van der Waals surface area contributed by atoms with Crippen LogP contribution in [0.5, 0.6) is 0 Å². The van der Waals surface area contributed by atoms with Gasteiger partial charge in [0.25, 0.3) is 0 Å². The number of halogens is 2. The zero-order chi connectivity index (χ0) is 17.8. The lowest BCUT2D eigenvalue weighted by molar-refractivity contribution is 0.157. The van der Waals surface area contributed by atoms with Crippen molar-refractivity contribution >= 4 is 5.95 Å².